The van der Waals surface area contributed by atoms with E-state index in [0.717, 1.165) is 33.8 Å². The molecule has 0 amide bonds. The standard InChI is InChI=1S/C14H16BrN3O2/c1-18-4-3-13(17-18)16-9-10-7-11(15)14-12(8-10)19-5-2-6-20-14/h3-4,7-8H,2,5-6,9H2,1H3,(H,16,17). The highest BCUT2D eigenvalue weighted by Crippen LogP contribution is 2.38. The number of rotatable bonds is 3. The van der Waals surface area contributed by atoms with Gasteiger partial charge in [-0.25, -0.2) is 0 Å². The van der Waals surface area contributed by atoms with Gasteiger partial charge in [0.1, 0.15) is 5.82 Å². The lowest BCUT2D eigenvalue weighted by molar-refractivity contribution is 0.296. The summed E-state index contributed by atoms with van der Waals surface area (Å²) in [7, 11) is 1.90. The van der Waals surface area contributed by atoms with Crippen molar-refractivity contribution in [3.8, 4) is 11.5 Å². The number of ether oxygens (including phenoxy) is 2. The molecule has 5 nitrogen and oxygen atoms in total. The van der Waals surface area contributed by atoms with Gasteiger partial charge in [-0.15, -0.1) is 0 Å². The smallest absolute Gasteiger partial charge is 0.175 e. The van der Waals surface area contributed by atoms with Crippen molar-refractivity contribution in [2.24, 2.45) is 7.05 Å². The van der Waals surface area contributed by atoms with E-state index in [1.54, 1.807) is 4.68 Å². The third-order valence-electron chi connectivity index (χ3n) is 3.05. The van der Waals surface area contributed by atoms with Crippen LogP contribution in [-0.2, 0) is 13.6 Å². The molecule has 1 N–H and O–H groups in total. The van der Waals surface area contributed by atoms with E-state index < -0.39 is 0 Å². The number of halogens is 1. The summed E-state index contributed by atoms with van der Waals surface area (Å²) in [5.74, 6) is 2.45. The summed E-state index contributed by atoms with van der Waals surface area (Å²) < 4.78 is 14.1. The molecule has 1 aliphatic heterocycles. The molecule has 0 spiro atoms. The molecule has 6 heteroatoms. The Morgan fingerprint density at radius 1 is 1.35 bits per heavy atom. The van der Waals surface area contributed by atoms with E-state index in [9.17, 15) is 0 Å². The van der Waals surface area contributed by atoms with Crippen LogP contribution in [0.1, 0.15) is 12.0 Å². The SMILES string of the molecule is Cn1ccc(NCc2cc(Br)c3c(c2)OCCCO3)n1. The highest BCUT2D eigenvalue weighted by molar-refractivity contribution is 9.10. The summed E-state index contributed by atoms with van der Waals surface area (Å²) in [6.45, 7) is 2.07. The van der Waals surface area contributed by atoms with E-state index in [-0.39, 0.29) is 0 Å². The van der Waals surface area contributed by atoms with Crippen LogP contribution in [0.25, 0.3) is 0 Å². The Morgan fingerprint density at radius 2 is 2.20 bits per heavy atom. The maximum Gasteiger partial charge on any atom is 0.175 e. The number of hydrogen-bond donors (Lipinski definition) is 1. The van der Waals surface area contributed by atoms with Crippen LogP contribution in [0.4, 0.5) is 5.82 Å². The average molecular weight is 338 g/mol. The maximum absolute atomic E-state index is 5.72. The largest absolute Gasteiger partial charge is 0.490 e. The molecular formula is C14H16BrN3O2. The summed E-state index contributed by atoms with van der Waals surface area (Å²) in [6.07, 6.45) is 2.81. The molecule has 2 heterocycles. The summed E-state index contributed by atoms with van der Waals surface area (Å²) in [6, 6.07) is 6.00. The monoisotopic (exact) mass is 337 g/mol. The van der Waals surface area contributed by atoms with Gasteiger partial charge in [-0.1, -0.05) is 0 Å². The van der Waals surface area contributed by atoms with Gasteiger partial charge in [-0.2, -0.15) is 5.10 Å². The Labute approximate surface area is 126 Å². The zero-order valence-electron chi connectivity index (χ0n) is 11.2. The van der Waals surface area contributed by atoms with E-state index in [4.69, 9.17) is 9.47 Å². The topological polar surface area (TPSA) is 48.3 Å². The Bertz CT molecular complexity index is 612. The Morgan fingerprint density at radius 3 is 3.00 bits per heavy atom. The zero-order chi connectivity index (χ0) is 13.9. The van der Waals surface area contributed by atoms with Gasteiger partial charge in [0.05, 0.1) is 17.7 Å². The highest BCUT2D eigenvalue weighted by atomic mass is 79.9. The molecule has 0 aliphatic carbocycles. The van der Waals surface area contributed by atoms with E-state index in [1.165, 1.54) is 0 Å². The molecule has 1 aliphatic rings. The van der Waals surface area contributed by atoms with Crippen LogP contribution >= 0.6 is 15.9 Å². The number of aromatic nitrogens is 2. The molecule has 0 bridgehead atoms. The minimum absolute atomic E-state index is 0.687. The van der Waals surface area contributed by atoms with E-state index in [2.05, 4.69) is 26.3 Å². The molecule has 1 aromatic heterocycles. The highest BCUT2D eigenvalue weighted by Gasteiger charge is 2.15. The molecular weight excluding hydrogens is 322 g/mol. The first-order valence-electron chi connectivity index (χ1n) is 6.54. The summed E-state index contributed by atoms with van der Waals surface area (Å²) in [4.78, 5) is 0. The Kier molecular flexibility index (Phi) is 3.82. The van der Waals surface area contributed by atoms with Crippen molar-refractivity contribution in [2.45, 2.75) is 13.0 Å². The van der Waals surface area contributed by atoms with Crippen molar-refractivity contribution in [3.63, 3.8) is 0 Å². The molecule has 0 fully saturated rings. The van der Waals surface area contributed by atoms with Gasteiger partial charge in [-0.05, 0) is 33.6 Å². The first-order valence-corrected chi connectivity index (χ1v) is 7.33. The van der Waals surface area contributed by atoms with Crippen molar-refractivity contribution in [1.29, 1.82) is 0 Å². The summed E-state index contributed by atoms with van der Waals surface area (Å²) in [5, 5.41) is 7.57. The summed E-state index contributed by atoms with van der Waals surface area (Å²) in [5.41, 5.74) is 1.12. The zero-order valence-corrected chi connectivity index (χ0v) is 12.8. The van der Waals surface area contributed by atoms with Gasteiger partial charge in [0.15, 0.2) is 11.5 Å². The average Bonchev–Trinajstić information content (AvgIpc) is 2.70. The van der Waals surface area contributed by atoms with Crippen molar-refractivity contribution in [2.75, 3.05) is 18.5 Å². The van der Waals surface area contributed by atoms with Crippen LogP contribution < -0.4 is 14.8 Å². The fourth-order valence-electron chi connectivity index (χ4n) is 2.09. The van der Waals surface area contributed by atoms with Crippen LogP contribution in [0.2, 0.25) is 0 Å². The third kappa shape index (κ3) is 2.90. The molecule has 2 aromatic rings. The predicted molar refractivity (Wildman–Crippen MR) is 80.3 cm³/mol. The van der Waals surface area contributed by atoms with Gasteiger partial charge in [-0.3, -0.25) is 4.68 Å². The van der Waals surface area contributed by atoms with Gasteiger partial charge >= 0.3 is 0 Å². The fraction of sp³-hybridized carbons (Fsp3) is 0.357. The lowest BCUT2D eigenvalue weighted by Crippen LogP contribution is -2.02. The molecule has 3 rings (SSSR count). The number of fused-ring (bicyclic) bond motifs is 1. The third-order valence-corrected chi connectivity index (χ3v) is 3.64. The van der Waals surface area contributed by atoms with Gasteiger partial charge in [0.25, 0.3) is 0 Å². The normalized spacial score (nSPS) is 13.9. The maximum atomic E-state index is 5.72. The molecule has 0 atom stereocenters. The van der Waals surface area contributed by atoms with E-state index in [1.807, 2.05) is 31.4 Å². The van der Waals surface area contributed by atoms with Crippen molar-refractivity contribution < 1.29 is 9.47 Å². The second-order valence-corrected chi connectivity index (χ2v) is 5.54. The number of aryl methyl sites for hydroxylation is 1. The molecule has 0 radical (unpaired) electrons. The number of anilines is 1. The molecule has 0 saturated heterocycles. The lowest BCUT2D eigenvalue weighted by atomic mass is 10.2. The van der Waals surface area contributed by atoms with Crippen molar-refractivity contribution in [1.82, 2.24) is 9.78 Å². The molecule has 20 heavy (non-hydrogen) atoms. The van der Waals surface area contributed by atoms with Gasteiger partial charge in [0, 0.05) is 32.3 Å². The van der Waals surface area contributed by atoms with Crippen LogP contribution in [0.3, 0.4) is 0 Å². The number of hydrogen-bond acceptors (Lipinski definition) is 4. The van der Waals surface area contributed by atoms with E-state index in [0.29, 0.717) is 19.8 Å². The Hall–Kier alpha value is -1.69. The fourth-order valence-corrected chi connectivity index (χ4v) is 2.69. The Balaban J connectivity index is 1.77. The van der Waals surface area contributed by atoms with Gasteiger partial charge in [0.2, 0.25) is 0 Å². The first-order chi connectivity index (χ1) is 9.72. The van der Waals surface area contributed by atoms with Crippen LogP contribution in [0.5, 0.6) is 11.5 Å². The predicted octanol–water partition coefficient (Wildman–Crippen LogP) is 2.96. The second kappa shape index (κ2) is 5.75. The lowest BCUT2D eigenvalue weighted by Gasteiger charge is -2.12. The van der Waals surface area contributed by atoms with Gasteiger partial charge < -0.3 is 14.8 Å². The quantitative estimate of drug-likeness (QED) is 0.935. The molecule has 106 valence electrons. The van der Waals surface area contributed by atoms with Crippen molar-refractivity contribution in [3.05, 3.63) is 34.4 Å². The first kappa shape index (κ1) is 13.3. The second-order valence-electron chi connectivity index (χ2n) is 4.68. The van der Waals surface area contributed by atoms with Crippen molar-refractivity contribution >= 4 is 21.7 Å². The summed E-state index contributed by atoms with van der Waals surface area (Å²) >= 11 is 3.55. The molecule has 0 unspecified atom stereocenters. The molecule has 0 saturated carbocycles. The van der Waals surface area contributed by atoms with E-state index >= 15 is 0 Å². The van der Waals surface area contributed by atoms with Crippen LogP contribution in [0, 0.1) is 0 Å². The minimum atomic E-state index is 0.687. The van der Waals surface area contributed by atoms with Crippen LogP contribution in [0.15, 0.2) is 28.9 Å². The van der Waals surface area contributed by atoms with Crippen LogP contribution in [-0.4, -0.2) is 23.0 Å². The number of benzene rings is 1. The molecule has 1 aromatic carbocycles. The minimum Gasteiger partial charge on any atom is -0.490 e. The number of nitrogens with one attached hydrogen (secondary N) is 1. The number of nitrogens with zero attached hydrogens (tertiary/aromatic N) is 2.